The van der Waals surface area contributed by atoms with E-state index in [2.05, 4.69) is 64.1 Å². The van der Waals surface area contributed by atoms with E-state index in [1.165, 1.54) is 36.8 Å². The fourth-order valence-corrected chi connectivity index (χ4v) is 5.90. The molecule has 2 fully saturated rings. The van der Waals surface area contributed by atoms with E-state index in [0.717, 1.165) is 35.8 Å². The van der Waals surface area contributed by atoms with Crippen molar-refractivity contribution in [1.29, 1.82) is 0 Å². The molecule has 2 aromatic heterocycles. The molecule has 6 rings (SSSR count). The van der Waals surface area contributed by atoms with Crippen LogP contribution in [0, 0.1) is 6.92 Å². The second-order valence-corrected chi connectivity index (χ2v) is 11.5. The molecule has 8 heteroatoms. The van der Waals surface area contributed by atoms with Gasteiger partial charge in [0.25, 0.3) is 5.91 Å². The van der Waals surface area contributed by atoms with Crippen LogP contribution < -0.4 is 15.4 Å². The normalized spacial score (nSPS) is 16.4. The predicted molar refractivity (Wildman–Crippen MR) is 159 cm³/mol. The predicted octanol–water partition coefficient (Wildman–Crippen LogP) is 6.29. The van der Waals surface area contributed by atoms with Crippen LogP contribution in [-0.4, -0.2) is 50.5 Å². The number of pyridine rings is 1. The summed E-state index contributed by atoms with van der Waals surface area (Å²) in [4.78, 5) is 24.2. The van der Waals surface area contributed by atoms with Gasteiger partial charge in [-0.15, -0.1) is 0 Å². The molecule has 3 heterocycles. The highest BCUT2D eigenvalue weighted by molar-refractivity contribution is 5.93. The summed E-state index contributed by atoms with van der Waals surface area (Å²) in [7, 11) is 2.01. The Morgan fingerprint density at radius 3 is 2.58 bits per heavy atom. The van der Waals surface area contributed by atoms with Crippen LogP contribution in [0.4, 0.5) is 11.6 Å². The Kier molecular flexibility index (Phi) is 7.19. The number of carbonyl (C=O) groups excluding carboxylic acids is 1. The largest absolute Gasteiger partial charge is 0.457 e. The van der Waals surface area contributed by atoms with E-state index < -0.39 is 0 Å². The van der Waals surface area contributed by atoms with E-state index in [0.29, 0.717) is 29.2 Å². The summed E-state index contributed by atoms with van der Waals surface area (Å²) in [5.74, 6) is 2.48. The number of anilines is 2. The Morgan fingerprint density at radius 1 is 1.02 bits per heavy atom. The maximum atomic E-state index is 12.7. The van der Waals surface area contributed by atoms with E-state index in [9.17, 15) is 4.79 Å². The molecule has 8 nitrogen and oxygen atoms in total. The summed E-state index contributed by atoms with van der Waals surface area (Å²) in [6, 6.07) is 16.6. The number of carbonyl (C=O) groups is 1. The number of aromatic nitrogens is 3. The van der Waals surface area contributed by atoms with Crippen LogP contribution in [0.1, 0.15) is 67.1 Å². The third-order valence-electron chi connectivity index (χ3n) is 8.36. The molecule has 0 radical (unpaired) electrons. The van der Waals surface area contributed by atoms with Crippen molar-refractivity contribution in [2.45, 2.75) is 64.5 Å². The Hall–Kier alpha value is -3.91. The number of ether oxygens (including phenoxy) is 1. The first kappa shape index (κ1) is 26.3. The van der Waals surface area contributed by atoms with E-state index in [-0.39, 0.29) is 11.9 Å². The number of nitrogens with zero attached hydrogens (tertiary/aromatic N) is 4. The van der Waals surface area contributed by atoms with Crippen LogP contribution in [0.3, 0.4) is 0 Å². The quantitative estimate of drug-likeness (QED) is 0.274. The average Bonchev–Trinajstić information content (AvgIpc) is 3.55. The molecule has 0 unspecified atom stereocenters. The maximum absolute atomic E-state index is 12.7. The zero-order valence-corrected chi connectivity index (χ0v) is 23.8. The van der Waals surface area contributed by atoms with Gasteiger partial charge in [0.15, 0.2) is 0 Å². The standard InChI is InChI=1S/C32H38N6O2/c1-20(2)38-18-24(19-38)34-31(39)29-17-26(13-14-33-29)40-25-11-12-30-28(16-25)36-32(37(30)4)35-23-10-9-21(3)27(15-23)22-7-5-6-8-22/h9-17,20,22,24H,5-8,18-19H2,1-4H3,(H,34,39)(H,35,36). The van der Waals surface area contributed by atoms with Crippen LogP contribution in [-0.2, 0) is 7.05 Å². The highest BCUT2D eigenvalue weighted by atomic mass is 16.5. The number of benzene rings is 2. The van der Waals surface area contributed by atoms with Crippen molar-refractivity contribution in [3.05, 3.63) is 71.5 Å². The number of nitrogens with one attached hydrogen (secondary N) is 2. The first-order chi connectivity index (χ1) is 19.3. The molecule has 1 saturated heterocycles. The van der Waals surface area contributed by atoms with Gasteiger partial charge in [0, 0.05) is 50.2 Å². The SMILES string of the molecule is Cc1ccc(Nc2nc3cc(Oc4ccnc(C(=O)NC5CN(C(C)C)C5)c4)ccc3n2C)cc1C1CCCC1. The average molecular weight is 539 g/mol. The maximum Gasteiger partial charge on any atom is 0.270 e. The van der Waals surface area contributed by atoms with Gasteiger partial charge in [0.2, 0.25) is 5.95 Å². The summed E-state index contributed by atoms with van der Waals surface area (Å²) < 4.78 is 8.19. The van der Waals surface area contributed by atoms with Crippen molar-refractivity contribution in [3.63, 3.8) is 0 Å². The topological polar surface area (TPSA) is 84.3 Å². The molecule has 40 heavy (non-hydrogen) atoms. The number of hydrogen-bond donors (Lipinski definition) is 2. The van der Waals surface area contributed by atoms with E-state index in [4.69, 9.17) is 9.72 Å². The van der Waals surface area contributed by atoms with Crippen molar-refractivity contribution in [1.82, 2.24) is 24.8 Å². The zero-order valence-electron chi connectivity index (χ0n) is 23.8. The molecule has 1 aliphatic carbocycles. The molecule has 0 spiro atoms. The van der Waals surface area contributed by atoms with Crippen molar-refractivity contribution in [2.75, 3.05) is 18.4 Å². The number of hydrogen-bond acceptors (Lipinski definition) is 6. The minimum Gasteiger partial charge on any atom is -0.457 e. The molecule has 208 valence electrons. The lowest BCUT2D eigenvalue weighted by atomic mass is 9.93. The molecule has 2 aliphatic rings. The van der Waals surface area contributed by atoms with Gasteiger partial charge < -0.3 is 19.9 Å². The first-order valence-corrected chi connectivity index (χ1v) is 14.4. The molecule has 0 bridgehead atoms. The fourth-order valence-electron chi connectivity index (χ4n) is 5.90. The van der Waals surface area contributed by atoms with Crippen LogP contribution in [0.2, 0.25) is 0 Å². The zero-order chi connectivity index (χ0) is 27.8. The van der Waals surface area contributed by atoms with Crippen molar-refractivity contribution in [2.24, 2.45) is 7.05 Å². The molecular weight excluding hydrogens is 500 g/mol. The van der Waals surface area contributed by atoms with Gasteiger partial charge in [0.1, 0.15) is 17.2 Å². The lowest BCUT2D eigenvalue weighted by Crippen LogP contribution is -2.61. The molecule has 2 aromatic carbocycles. The number of likely N-dealkylation sites (tertiary alicyclic amines) is 1. The van der Waals surface area contributed by atoms with Gasteiger partial charge in [-0.2, -0.15) is 0 Å². The lowest BCUT2D eigenvalue weighted by Gasteiger charge is -2.42. The minimum atomic E-state index is -0.179. The third-order valence-corrected chi connectivity index (χ3v) is 8.36. The lowest BCUT2D eigenvalue weighted by molar-refractivity contribution is 0.0710. The Bertz CT molecular complexity index is 1530. The minimum absolute atomic E-state index is 0.157. The highest BCUT2D eigenvalue weighted by Crippen LogP contribution is 2.37. The van der Waals surface area contributed by atoms with Gasteiger partial charge >= 0.3 is 0 Å². The molecule has 4 aromatic rings. The monoisotopic (exact) mass is 538 g/mol. The fraction of sp³-hybridized carbons (Fsp3) is 0.406. The van der Waals surface area contributed by atoms with E-state index in [1.807, 2.05) is 25.2 Å². The van der Waals surface area contributed by atoms with Crippen molar-refractivity contribution < 1.29 is 9.53 Å². The van der Waals surface area contributed by atoms with E-state index >= 15 is 0 Å². The molecule has 2 N–H and O–H groups in total. The van der Waals surface area contributed by atoms with Gasteiger partial charge in [-0.25, -0.2) is 4.98 Å². The molecular formula is C32H38N6O2. The van der Waals surface area contributed by atoms with Crippen LogP contribution in [0.15, 0.2) is 54.7 Å². The van der Waals surface area contributed by atoms with Gasteiger partial charge in [0.05, 0.1) is 17.1 Å². The Morgan fingerprint density at radius 2 is 1.80 bits per heavy atom. The first-order valence-electron chi connectivity index (χ1n) is 14.4. The van der Waals surface area contributed by atoms with Gasteiger partial charge in [-0.1, -0.05) is 18.9 Å². The van der Waals surface area contributed by atoms with Gasteiger partial charge in [-0.3, -0.25) is 14.7 Å². The number of imidazole rings is 1. The van der Waals surface area contributed by atoms with Crippen molar-refractivity contribution >= 4 is 28.6 Å². The number of aryl methyl sites for hydroxylation is 2. The summed E-state index contributed by atoms with van der Waals surface area (Å²) >= 11 is 0. The highest BCUT2D eigenvalue weighted by Gasteiger charge is 2.30. The second-order valence-electron chi connectivity index (χ2n) is 11.5. The third kappa shape index (κ3) is 5.41. The smallest absolute Gasteiger partial charge is 0.270 e. The summed E-state index contributed by atoms with van der Waals surface area (Å²) in [6.45, 7) is 8.27. The van der Waals surface area contributed by atoms with Crippen LogP contribution >= 0.6 is 0 Å². The summed E-state index contributed by atoms with van der Waals surface area (Å²) in [6.07, 6.45) is 6.81. The Balaban J connectivity index is 1.15. The summed E-state index contributed by atoms with van der Waals surface area (Å²) in [5, 5.41) is 6.60. The molecule has 0 atom stereocenters. The van der Waals surface area contributed by atoms with Crippen LogP contribution in [0.5, 0.6) is 11.5 Å². The second kappa shape index (κ2) is 10.9. The molecule has 1 amide bonds. The Labute approximate surface area is 235 Å². The summed E-state index contributed by atoms with van der Waals surface area (Å²) in [5.41, 5.74) is 6.06. The molecule has 1 aliphatic heterocycles. The van der Waals surface area contributed by atoms with Crippen molar-refractivity contribution in [3.8, 4) is 11.5 Å². The number of fused-ring (bicyclic) bond motifs is 1. The number of rotatable bonds is 8. The van der Waals surface area contributed by atoms with Crippen LogP contribution in [0.25, 0.3) is 11.0 Å². The molecule has 1 saturated carbocycles. The van der Waals surface area contributed by atoms with Gasteiger partial charge in [-0.05, 0) is 81.0 Å². The number of amides is 1. The van der Waals surface area contributed by atoms with E-state index in [1.54, 1.807) is 18.3 Å².